The molecule has 0 fully saturated rings. The van der Waals surface area contributed by atoms with Crippen LogP contribution in [0.5, 0.6) is 0 Å². The first-order chi connectivity index (χ1) is 10.6. The average molecular weight is 306 g/mol. The number of rotatable bonds is 7. The molecule has 8 nitrogen and oxygen atoms in total. The number of ether oxygens (including phenoxy) is 2. The van der Waals surface area contributed by atoms with E-state index in [1.165, 1.54) is 0 Å². The molecule has 0 spiro atoms. The summed E-state index contributed by atoms with van der Waals surface area (Å²) in [5.41, 5.74) is 2.11. The molecule has 0 saturated carbocycles. The number of aromatic amines is 2. The third kappa shape index (κ3) is 4.18. The van der Waals surface area contributed by atoms with E-state index in [4.69, 9.17) is 9.47 Å². The number of aryl methyl sites for hydroxylation is 2. The third-order valence-corrected chi connectivity index (χ3v) is 2.85. The van der Waals surface area contributed by atoms with Crippen LogP contribution >= 0.6 is 0 Å². The normalized spacial score (nSPS) is 10.5. The molecule has 2 rings (SSSR count). The molecule has 2 aromatic heterocycles. The summed E-state index contributed by atoms with van der Waals surface area (Å²) in [6, 6.07) is 3.26. The molecule has 0 aliphatic heterocycles. The third-order valence-electron chi connectivity index (χ3n) is 2.85. The van der Waals surface area contributed by atoms with Gasteiger partial charge in [-0.15, -0.1) is 0 Å². The number of H-pyrrole nitrogens is 2. The first kappa shape index (κ1) is 15.7. The maximum Gasteiger partial charge on any atom is 0.358 e. The fourth-order valence-corrected chi connectivity index (χ4v) is 1.82. The highest BCUT2D eigenvalue weighted by Gasteiger charge is 2.12. The molecule has 0 aliphatic rings. The lowest BCUT2D eigenvalue weighted by Gasteiger charge is -2.01. The molecule has 2 aromatic rings. The largest absolute Gasteiger partial charge is 0.461 e. The average Bonchev–Trinajstić information content (AvgIpc) is 3.13. The summed E-state index contributed by atoms with van der Waals surface area (Å²) in [4.78, 5) is 23.1. The van der Waals surface area contributed by atoms with Gasteiger partial charge in [-0.25, -0.2) is 9.59 Å². The van der Waals surface area contributed by atoms with Crippen LogP contribution in [-0.4, -0.2) is 45.5 Å². The van der Waals surface area contributed by atoms with Crippen LogP contribution in [0, 0.1) is 6.92 Å². The highest BCUT2D eigenvalue weighted by molar-refractivity contribution is 5.87. The maximum absolute atomic E-state index is 11.6. The predicted octanol–water partition coefficient (Wildman–Crippen LogP) is 1.41. The van der Waals surface area contributed by atoms with Crippen LogP contribution in [0.1, 0.15) is 45.7 Å². The number of carbonyl (C=O) groups excluding carboxylic acids is 2. The Labute approximate surface area is 127 Å². The Balaban J connectivity index is 1.73. The van der Waals surface area contributed by atoms with Gasteiger partial charge in [-0.2, -0.15) is 10.2 Å². The second-order valence-corrected chi connectivity index (χ2v) is 4.67. The minimum absolute atomic E-state index is 0.251. The van der Waals surface area contributed by atoms with Crippen LogP contribution in [0.25, 0.3) is 0 Å². The van der Waals surface area contributed by atoms with E-state index in [1.807, 2.05) is 6.92 Å². The smallest absolute Gasteiger partial charge is 0.358 e. The topological polar surface area (TPSA) is 110 Å². The zero-order valence-electron chi connectivity index (χ0n) is 12.5. The van der Waals surface area contributed by atoms with Crippen molar-refractivity contribution in [3.8, 4) is 0 Å². The van der Waals surface area contributed by atoms with Gasteiger partial charge in [0.1, 0.15) is 0 Å². The monoisotopic (exact) mass is 306 g/mol. The zero-order chi connectivity index (χ0) is 15.9. The first-order valence-electron chi connectivity index (χ1n) is 7.00. The molecule has 0 aromatic carbocycles. The van der Waals surface area contributed by atoms with E-state index < -0.39 is 11.9 Å². The minimum atomic E-state index is -0.457. The summed E-state index contributed by atoms with van der Waals surface area (Å²) in [6.07, 6.45) is 1.22. The van der Waals surface area contributed by atoms with Gasteiger partial charge in [-0.05, 0) is 38.8 Å². The molecule has 0 atom stereocenters. The SMILES string of the molecule is CCOC(=O)c1cc(CCCOC(=O)c2cc(C)[nH]n2)[nH]n1. The van der Waals surface area contributed by atoms with Gasteiger partial charge in [0.25, 0.3) is 0 Å². The molecular weight excluding hydrogens is 288 g/mol. The number of hydrogen-bond acceptors (Lipinski definition) is 6. The lowest BCUT2D eigenvalue weighted by molar-refractivity contribution is 0.0491. The van der Waals surface area contributed by atoms with E-state index in [2.05, 4.69) is 20.4 Å². The zero-order valence-corrected chi connectivity index (χ0v) is 12.5. The maximum atomic E-state index is 11.6. The Morgan fingerprint density at radius 2 is 1.77 bits per heavy atom. The second-order valence-electron chi connectivity index (χ2n) is 4.67. The highest BCUT2D eigenvalue weighted by atomic mass is 16.5. The molecule has 0 saturated heterocycles. The van der Waals surface area contributed by atoms with Crippen LogP contribution in [0.3, 0.4) is 0 Å². The van der Waals surface area contributed by atoms with Crippen LogP contribution in [-0.2, 0) is 15.9 Å². The van der Waals surface area contributed by atoms with Crippen molar-refractivity contribution in [3.05, 3.63) is 34.9 Å². The first-order valence-corrected chi connectivity index (χ1v) is 7.00. The standard InChI is InChI=1S/C14H18N4O4/c1-3-21-13(19)12-8-10(16-18-12)5-4-6-22-14(20)11-7-9(2)15-17-11/h7-8H,3-6H2,1-2H3,(H,15,17)(H,16,18). The fourth-order valence-electron chi connectivity index (χ4n) is 1.82. The Bertz CT molecular complexity index is 647. The predicted molar refractivity (Wildman–Crippen MR) is 76.5 cm³/mol. The summed E-state index contributed by atoms with van der Waals surface area (Å²) in [6.45, 7) is 4.12. The van der Waals surface area contributed by atoms with Crippen molar-refractivity contribution in [2.24, 2.45) is 0 Å². The molecule has 22 heavy (non-hydrogen) atoms. The number of hydrogen-bond donors (Lipinski definition) is 2. The fraction of sp³-hybridized carbons (Fsp3) is 0.429. The summed E-state index contributed by atoms with van der Waals surface area (Å²) in [5, 5.41) is 13.1. The van der Waals surface area contributed by atoms with Crippen molar-refractivity contribution in [2.75, 3.05) is 13.2 Å². The number of nitrogens with one attached hydrogen (secondary N) is 2. The number of nitrogens with zero attached hydrogens (tertiary/aromatic N) is 2. The van der Waals surface area contributed by atoms with Crippen LogP contribution in [0.15, 0.2) is 12.1 Å². The number of aromatic nitrogens is 4. The van der Waals surface area contributed by atoms with Crippen molar-refractivity contribution in [2.45, 2.75) is 26.7 Å². The van der Waals surface area contributed by atoms with Crippen molar-refractivity contribution >= 4 is 11.9 Å². The molecule has 0 bridgehead atoms. The second kappa shape index (κ2) is 7.39. The summed E-state index contributed by atoms with van der Waals surface area (Å²) >= 11 is 0. The molecule has 118 valence electrons. The molecule has 0 radical (unpaired) electrons. The van der Waals surface area contributed by atoms with Crippen molar-refractivity contribution in [3.63, 3.8) is 0 Å². The number of esters is 2. The molecule has 8 heteroatoms. The Morgan fingerprint density at radius 1 is 1.09 bits per heavy atom. The molecular formula is C14H18N4O4. The van der Waals surface area contributed by atoms with Gasteiger partial charge in [-0.1, -0.05) is 0 Å². The van der Waals surface area contributed by atoms with Gasteiger partial charge in [0.2, 0.25) is 0 Å². The summed E-state index contributed by atoms with van der Waals surface area (Å²) < 4.78 is 9.96. The minimum Gasteiger partial charge on any atom is -0.461 e. The van der Waals surface area contributed by atoms with Crippen molar-refractivity contribution < 1.29 is 19.1 Å². The Morgan fingerprint density at radius 3 is 2.45 bits per heavy atom. The summed E-state index contributed by atoms with van der Waals surface area (Å²) in [5.74, 6) is -0.911. The lowest BCUT2D eigenvalue weighted by atomic mass is 10.2. The van der Waals surface area contributed by atoms with E-state index >= 15 is 0 Å². The Kier molecular flexibility index (Phi) is 5.29. The molecule has 2 heterocycles. The lowest BCUT2D eigenvalue weighted by Crippen LogP contribution is -2.07. The van der Waals surface area contributed by atoms with Gasteiger partial charge >= 0.3 is 11.9 Å². The van der Waals surface area contributed by atoms with Crippen molar-refractivity contribution in [1.29, 1.82) is 0 Å². The van der Waals surface area contributed by atoms with Gasteiger partial charge in [-0.3, -0.25) is 10.2 Å². The van der Waals surface area contributed by atoms with E-state index in [-0.39, 0.29) is 18.0 Å². The van der Waals surface area contributed by atoms with Crippen LogP contribution in [0.2, 0.25) is 0 Å². The van der Waals surface area contributed by atoms with Gasteiger partial charge in [0.05, 0.1) is 13.2 Å². The van der Waals surface area contributed by atoms with Crippen molar-refractivity contribution in [1.82, 2.24) is 20.4 Å². The van der Waals surface area contributed by atoms with Gasteiger partial charge < -0.3 is 9.47 Å². The van der Waals surface area contributed by atoms with E-state index in [0.29, 0.717) is 19.4 Å². The highest BCUT2D eigenvalue weighted by Crippen LogP contribution is 2.06. The Hall–Kier alpha value is -2.64. The molecule has 0 aliphatic carbocycles. The molecule has 0 unspecified atom stereocenters. The van der Waals surface area contributed by atoms with E-state index in [9.17, 15) is 9.59 Å². The summed E-state index contributed by atoms with van der Waals surface area (Å²) in [7, 11) is 0. The van der Waals surface area contributed by atoms with Gasteiger partial charge in [0.15, 0.2) is 11.4 Å². The molecule has 2 N–H and O–H groups in total. The van der Waals surface area contributed by atoms with E-state index in [1.54, 1.807) is 19.1 Å². The van der Waals surface area contributed by atoms with Crippen LogP contribution < -0.4 is 0 Å². The number of carbonyl (C=O) groups is 2. The molecule has 0 amide bonds. The van der Waals surface area contributed by atoms with E-state index in [0.717, 1.165) is 11.4 Å². The quantitative estimate of drug-likeness (QED) is 0.591. The van der Waals surface area contributed by atoms with Gasteiger partial charge in [0, 0.05) is 11.4 Å². The van der Waals surface area contributed by atoms with Crippen LogP contribution in [0.4, 0.5) is 0 Å².